The first-order valence-electron chi connectivity index (χ1n) is 6.86. The molecule has 0 fully saturated rings. The van der Waals surface area contributed by atoms with Gasteiger partial charge in [-0.2, -0.15) is 0 Å². The number of amides is 1. The number of rotatable bonds is 4. The SMILES string of the molecule is O=C(NCCc1c[nH]c2ccccc12)c1cc(Cl)c[nH]c1=O. The van der Waals surface area contributed by atoms with Crippen molar-refractivity contribution in [3.8, 4) is 0 Å². The van der Waals surface area contributed by atoms with Crippen LogP contribution in [0, 0.1) is 0 Å². The van der Waals surface area contributed by atoms with Crippen LogP contribution < -0.4 is 10.9 Å². The fraction of sp³-hybridized carbons (Fsp3) is 0.125. The van der Waals surface area contributed by atoms with Crippen LogP contribution in [0.5, 0.6) is 0 Å². The third-order valence-corrected chi connectivity index (χ3v) is 3.69. The summed E-state index contributed by atoms with van der Waals surface area (Å²) in [5.41, 5.74) is 1.76. The summed E-state index contributed by atoms with van der Waals surface area (Å²) >= 11 is 5.79. The standard InChI is InChI=1S/C16H14ClN3O2/c17-11-7-13(16(22)20-9-11)15(21)18-6-5-10-8-19-14-4-2-1-3-12(10)14/h1-4,7-9,19H,5-6H2,(H,18,21)(H,20,22). The van der Waals surface area contributed by atoms with E-state index in [1.165, 1.54) is 12.3 Å². The molecule has 0 aliphatic carbocycles. The number of aromatic nitrogens is 2. The number of pyridine rings is 1. The zero-order chi connectivity index (χ0) is 15.5. The maximum Gasteiger partial charge on any atom is 0.260 e. The lowest BCUT2D eigenvalue weighted by atomic mass is 10.1. The Hall–Kier alpha value is -2.53. The minimum absolute atomic E-state index is 0.0198. The molecule has 3 rings (SSSR count). The summed E-state index contributed by atoms with van der Waals surface area (Å²) in [7, 11) is 0. The van der Waals surface area contributed by atoms with Gasteiger partial charge in [-0.1, -0.05) is 29.8 Å². The quantitative estimate of drug-likeness (QED) is 0.691. The summed E-state index contributed by atoms with van der Waals surface area (Å²) in [5.74, 6) is -0.427. The Morgan fingerprint density at radius 3 is 2.86 bits per heavy atom. The number of hydrogen-bond donors (Lipinski definition) is 3. The summed E-state index contributed by atoms with van der Waals surface area (Å²) in [6, 6.07) is 9.34. The van der Waals surface area contributed by atoms with Crippen LogP contribution in [0.15, 0.2) is 47.5 Å². The lowest BCUT2D eigenvalue weighted by Gasteiger charge is -2.04. The third kappa shape index (κ3) is 2.89. The molecule has 112 valence electrons. The molecule has 0 bridgehead atoms. The van der Waals surface area contributed by atoms with E-state index in [1.807, 2.05) is 30.5 Å². The maximum atomic E-state index is 12.0. The van der Waals surface area contributed by atoms with E-state index in [9.17, 15) is 9.59 Å². The molecule has 1 aromatic carbocycles. The smallest absolute Gasteiger partial charge is 0.260 e. The predicted octanol–water partition coefficient (Wildman–Crippen LogP) is 2.48. The molecule has 3 N–H and O–H groups in total. The molecule has 0 unspecified atom stereocenters. The van der Waals surface area contributed by atoms with Crippen LogP contribution in [0.1, 0.15) is 15.9 Å². The molecular formula is C16H14ClN3O2. The van der Waals surface area contributed by atoms with Crippen molar-refractivity contribution in [3.05, 3.63) is 69.2 Å². The van der Waals surface area contributed by atoms with Crippen LogP contribution in [0.4, 0.5) is 0 Å². The molecule has 0 atom stereocenters. The first kappa shape index (κ1) is 14.4. The number of benzene rings is 1. The lowest BCUT2D eigenvalue weighted by Crippen LogP contribution is -2.30. The summed E-state index contributed by atoms with van der Waals surface area (Å²) in [6.07, 6.45) is 3.96. The highest BCUT2D eigenvalue weighted by Gasteiger charge is 2.11. The van der Waals surface area contributed by atoms with Crippen molar-refractivity contribution in [2.45, 2.75) is 6.42 Å². The highest BCUT2D eigenvalue weighted by molar-refractivity contribution is 6.30. The van der Waals surface area contributed by atoms with Crippen molar-refractivity contribution in [2.24, 2.45) is 0 Å². The molecule has 2 aromatic heterocycles. The van der Waals surface area contributed by atoms with Gasteiger partial charge in [0.15, 0.2) is 0 Å². The maximum absolute atomic E-state index is 12.0. The van der Waals surface area contributed by atoms with Crippen LogP contribution in [0.25, 0.3) is 10.9 Å². The molecule has 0 aliphatic heterocycles. The van der Waals surface area contributed by atoms with Crippen molar-refractivity contribution < 1.29 is 4.79 Å². The van der Waals surface area contributed by atoms with Crippen molar-refractivity contribution in [1.82, 2.24) is 15.3 Å². The van der Waals surface area contributed by atoms with Crippen molar-refractivity contribution in [2.75, 3.05) is 6.54 Å². The lowest BCUT2D eigenvalue weighted by molar-refractivity contribution is 0.0952. The second-order valence-corrected chi connectivity index (χ2v) is 5.36. The third-order valence-electron chi connectivity index (χ3n) is 3.47. The fourth-order valence-electron chi connectivity index (χ4n) is 2.37. The number of para-hydroxylation sites is 1. The number of fused-ring (bicyclic) bond motifs is 1. The van der Waals surface area contributed by atoms with E-state index in [1.54, 1.807) is 0 Å². The van der Waals surface area contributed by atoms with Gasteiger partial charge in [0.05, 0.1) is 5.02 Å². The van der Waals surface area contributed by atoms with E-state index in [0.717, 1.165) is 16.5 Å². The van der Waals surface area contributed by atoms with E-state index in [4.69, 9.17) is 11.6 Å². The molecule has 2 heterocycles. The average Bonchev–Trinajstić information content (AvgIpc) is 2.93. The van der Waals surface area contributed by atoms with Gasteiger partial charge in [0.2, 0.25) is 0 Å². The predicted molar refractivity (Wildman–Crippen MR) is 86.4 cm³/mol. The van der Waals surface area contributed by atoms with Crippen LogP contribution in [-0.2, 0) is 6.42 Å². The summed E-state index contributed by atoms with van der Waals surface area (Å²) in [5, 5.41) is 4.20. The van der Waals surface area contributed by atoms with E-state index >= 15 is 0 Å². The molecule has 0 radical (unpaired) electrons. The second-order valence-electron chi connectivity index (χ2n) is 4.93. The van der Waals surface area contributed by atoms with E-state index < -0.39 is 11.5 Å². The van der Waals surface area contributed by atoms with Crippen molar-refractivity contribution in [3.63, 3.8) is 0 Å². The normalized spacial score (nSPS) is 10.8. The number of carbonyl (C=O) groups excluding carboxylic acids is 1. The van der Waals surface area contributed by atoms with Crippen molar-refractivity contribution in [1.29, 1.82) is 0 Å². The Morgan fingerprint density at radius 1 is 1.18 bits per heavy atom. The Labute approximate surface area is 131 Å². The molecule has 22 heavy (non-hydrogen) atoms. The van der Waals surface area contributed by atoms with Gasteiger partial charge in [-0.15, -0.1) is 0 Å². The van der Waals surface area contributed by atoms with Gasteiger partial charge < -0.3 is 15.3 Å². The van der Waals surface area contributed by atoms with Crippen LogP contribution >= 0.6 is 11.6 Å². The fourth-order valence-corrected chi connectivity index (χ4v) is 2.53. The van der Waals surface area contributed by atoms with Crippen molar-refractivity contribution >= 4 is 28.4 Å². The van der Waals surface area contributed by atoms with Crippen LogP contribution in [-0.4, -0.2) is 22.4 Å². The van der Waals surface area contributed by atoms with Gasteiger partial charge in [-0.05, 0) is 24.1 Å². The topological polar surface area (TPSA) is 77.8 Å². The molecule has 1 amide bonds. The highest BCUT2D eigenvalue weighted by atomic mass is 35.5. The largest absolute Gasteiger partial charge is 0.361 e. The van der Waals surface area contributed by atoms with Crippen LogP contribution in [0.3, 0.4) is 0 Å². The van der Waals surface area contributed by atoms with E-state index in [-0.39, 0.29) is 5.56 Å². The first-order valence-corrected chi connectivity index (χ1v) is 7.24. The monoisotopic (exact) mass is 315 g/mol. The average molecular weight is 316 g/mol. The summed E-state index contributed by atoms with van der Waals surface area (Å²) in [4.78, 5) is 29.2. The Kier molecular flexibility index (Phi) is 3.98. The molecule has 0 saturated heterocycles. The van der Waals surface area contributed by atoms with Gasteiger partial charge in [0, 0.05) is 29.8 Å². The Bertz CT molecular complexity index is 882. The molecule has 6 heteroatoms. The highest BCUT2D eigenvalue weighted by Crippen LogP contribution is 2.17. The zero-order valence-corrected chi connectivity index (χ0v) is 12.4. The first-order chi connectivity index (χ1) is 10.6. The van der Waals surface area contributed by atoms with Gasteiger partial charge in [-0.25, -0.2) is 0 Å². The number of nitrogens with one attached hydrogen (secondary N) is 3. The number of hydrogen-bond acceptors (Lipinski definition) is 2. The Balaban J connectivity index is 1.67. The minimum atomic E-state index is -0.450. The molecule has 3 aromatic rings. The Morgan fingerprint density at radius 2 is 2.00 bits per heavy atom. The van der Waals surface area contributed by atoms with E-state index in [0.29, 0.717) is 18.0 Å². The number of H-pyrrole nitrogens is 2. The number of carbonyl (C=O) groups is 1. The molecule has 0 spiro atoms. The van der Waals surface area contributed by atoms with Crippen LogP contribution in [0.2, 0.25) is 5.02 Å². The molecule has 0 saturated carbocycles. The van der Waals surface area contributed by atoms with E-state index in [2.05, 4.69) is 15.3 Å². The second kappa shape index (κ2) is 6.07. The molecule has 5 nitrogen and oxygen atoms in total. The molecular weight excluding hydrogens is 302 g/mol. The summed E-state index contributed by atoms with van der Waals surface area (Å²) < 4.78 is 0. The molecule has 0 aliphatic rings. The van der Waals surface area contributed by atoms with Gasteiger partial charge >= 0.3 is 0 Å². The number of halogens is 1. The van der Waals surface area contributed by atoms with Gasteiger partial charge in [-0.3, -0.25) is 9.59 Å². The summed E-state index contributed by atoms with van der Waals surface area (Å²) in [6.45, 7) is 0.437. The number of aromatic amines is 2. The minimum Gasteiger partial charge on any atom is -0.361 e. The van der Waals surface area contributed by atoms with Gasteiger partial charge in [0.1, 0.15) is 5.56 Å². The zero-order valence-electron chi connectivity index (χ0n) is 11.7. The van der Waals surface area contributed by atoms with Gasteiger partial charge in [0.25, 0.3) is 11.5 Å².